The lowest BCUT2D eigenvalue weighted by atomic mass is 9.88. The minimum atomic E-state index is -0.507. The van der Waals surface area contributed by atoms with Crippen LogP contribution in [-0.4, -0.2) is 18.1 Å². The number of rotatable bonds is 5. The van der Waals surface area contributed by atoms with Crippen LogP contribution < -0.4 is 5.73 Å². The van der Waals surface area contributed by atoms with Gasteiger partial charge in [0.15, 0.2) is 0 Å². The summed E-state index contributed by atoms with van der Waals surface area (Å²) < 4.78 is 5.55. The number of hydrogen-bond acceptors (Lipinski definition) is 3. The molecule has 0 amide bonds. The third-order valence-electron chi connectivity index (χ3n) is 4.06. The highest BCUT2D eigenvalue weighted by atomic mass is 16.5. The fraction of sp³-hybridized carbons (Fsp3) is 0.588. The summed E-state index contributed by atoms with van der Waals surface area (Å²) in [5, 5.41) is 0. The van der Waals surface area contributed by atoms with Crippen molar-refractivity contribution >= 4 is 5.97 Å². The number of benzene rings is 1. The Morgan fingerprint density at radius 3 is 2.80 bits per heavy atom. The molecule has 110 valence electrons. The quantitative estimate of drug-likeness (QED) is 0.840. The highest BCUT2D eigenvalue weighted by Crippen LogP contribution is 2.26. The molecule has 0 aliphatic heterocycles. The highest BCUT2D eigenvalue weighted by Gasteiger charge is 2.24. The summed E-state index contributed by atoms with van der Waals surface area (Å²) in [6, 6.07) is 9.60. The van der Waals surface area contributed by atoms with E-state index in [0.717, 1.165) is 25.7 Å². The second-order valence-electron chi connectivity index (χ2n) is 5.96. The van der Waals surface area contributed by atoms with E-state index in [1.54, 1.807) is 0 Å². The molecule has 1 aliphatic rings. The van der Waals surface area contributed by atoms with Gasteiger partial charge in [-0.05, 0) is 43.6 Å². The molecule has 0 bridgehead atoms. The van der Waals surface area contributed by atoms with Crippen molar-refractivity contribution in [2.75, 3.05) is 0 Å². The topological polar surface area (TPSA) is 52.3 Å². The number of aryl methyl sites for hydroxylation is 1. The molecule has 0 heterocycles. The van der Waals surface area contributed by atoms with Gasteiger partial charge in [0.1, 0.15) is 12.1 Å². The van der Waals surface area contributed by atoms with Gasteiger partial charge >= 0.3 is 5.97 Å². The second-order valence-corrected chi connectivity index (χ2v) is 5.96. The summed E-state index contributed by atoms with van der Waals surface area (Å²) in [6.45, 7) is 2.22. The number of ether oxygens (including phenoxy) is 1. The first-order chi connectivity index (χ1) is 9.65. The van der Waals surface area contributed by atoms with Gasteiger partial charge in [0, 0.05) is 0 Å². The molecule has 0 spiro atoms. The number of carbonyl (C=O) groups excluding carboxylic acids is 1. The molecule has 20 heavy (non-hydrogen) atoms. The highest BCUT2D eigenvalue weighted by molar-refractivity contribution is 5.75. The predicted molar refractivity (Wildman–Crippen MR) is 80.3 cm³/mol. The predicted octanol–water partition coefficient (Wildman–Crippen LogP) is 3.07. The lowest BCUT2D eigenvalue weighted by Gasteiger charge is -2.27. The number of esters is 1. The van der Waals surface area contributed by atoms with E-state index < -0.39 is 6.04 Å². The van der Waals surface area contributed by atoms with Gasteiger partial charge in [0.2, 0.25) is 0 Å². The average Bonchev–Trinajstić information content (AvgIpc) is 2.46. The Kier molecular flexibility index (Phi) is 5.60. The minimum Gasteiger partial charge on any atom is -0.461 e. The van der Waals surface area contributed by atoms with Crippen molar-refractivity contribution in [1.29, 1.82) is 0 Å². The van der Waals surface area contributed by atoms with Gasteiger partial charge in [0.05, 0.1) is 0 Å². The molecule has 1 aliphatic carbocycles. The Balaban J connectivity index is 1.74. The van der Waals surface area contributed by atoms with Gasteiger partial charge in [-0.3, -0.25) is 4.79 Å². The smallest absolute Gasteiger partial charge is 0.323 e. The molecule has 0 radical (unpaired) electrons. The summed E-state index contributed by atoms with van der Waals surface area (Å²) >= 11 is 0. The number of hydrogen-bond donors (Lipinski definition) is 1. The zero-order valence-electron chi connectivity index (χ0n) is 12.3. The van der Waals surface area contributed by atoms with Crippen molar-refractivity contribution in [1.82, 2.24) is 0 Å². The van der Waals surface area contributed by atoms with Gasteiger partial charge in [0.25, 0.3) is 0 Å². The maximum Gasteiger partial charge on any atom is 0.323 e. The molecular weight excluding hydrogens is 250 g/mol. The standard InChI is InChI=1S/C17H25NO2/c1-13-6-5-9-15(12-13)20-17(19)16(18)11-10-14-7-3-2-4-8-14/h2-4,7-8,13,15-16H,5-6,9-12,18H2,1H3/t13?,15?,16-/m0/s1. The van der Waals surface area contributed by atoms with E-state index in [2.05, 4.69) is 19.1 Å². The maximum absolute atomic E-state index is 12.0. The van der Waals surface area contributed by atoms with E-state index in [1.807, 2.05) is 18.2 Å². The fourth-order valence-corrected chi connectivity index (χ4v) is 2.82. The van der Waals surface area contributed by atoms with Crippen LogP contribution in [-0.2, 0) is 16.0 Å². The Morgan fingerprint density at radius 1 is 1.35 bits per heavy atom. The van der Waals surface area contributed by atoms with Crippen molar-refractivity contribution in [3.8, 4) is 0 Å². The largest absolute Gasteiger partial charge is 0.461 e. The average molecular weight is 275 g/mol. The van der Waals surface area contributed by atoms with Crippen LogP contribution in [0.1, 0.15) is 44.6 Å². The first kappa shape index (κ1) is 15.0. The van der Waals surface area contributed by atoms with E-state index >= 15 is 0 Å². The normalized spacial score (nSPS) is 24.1. The van der Waals surface area contributed by atoms with Crippen LogP contribution in [0.5, 0.6) is 0 Å². The molecular formula is C17H25NO2. The van der Waals surface area contributed by atoms with Crippen LogP contribution in [0.15, 0.2) is 30.3 Å². The molecule has 1 saturated carbocycles. The third kappa shape index (κ3) is 4.64. The molecule has 2 rings (SSSR count). The summed E-state index contributed by atoms with van der Waals surface area (Å²) in [5.41, 5.74) is 7.15. The van der Waals surface area contributed by atoms with Crippen molar-refractivity contribution in [2.45, 2.75) is 57.6 Å². The first-order valence-electron chi connectivity index (χ1n) is 7.65. The molecule has 0 saturated heterocycles. The summed E-state index contributed by atoms with van der Waals surface area (Å²) in [5.74, 6) is 0.419. The van der Waals surface area contributed by atoms with Gasteiger partial charge < -0.3 is 10.5 Å². The van der Waals surface area contributed by atoms with Gasteiger partial charge in [-0.1, -0.05) is 43.7 Å². The Labute approximate surface area is 121 Å². The SMILES string of the molecule is CC1CCCC(OC(=O)[C@@H](N)CCc2ccccc2)C1. The van der Waals surface area contributed by atoms with E-state index in [1.165, 1.54) is 12.0 Å². The summed E-state index contributed by atoms with van der Waals surface area (Å²) in [4.78, 5) is 12.0. The number of nitrogens with two attached hydrogens (primary N) is 1. The zero-order valence-corrected chi connectivity index (χ0v) is 12.3. The first-order valence-corrected chi connectivity index (χ1v) is 7.65. The van der Waals surface area contributed by atoms with Crippen LogP contribution in [0.3, 0.4) is 0 Å². The molecule has 3 heteroatoms. The van der Waals surface area contributed by atoms with Crippen LogP contribution in [0.25, 0.3) is 0 Å². The zero-order chi connectivity index (χ0) is 14.4. The molecule has 3 nitrogen and oxygen atoms in total. The molecule has 3 atom stereocenters. The summed E-state index contributed by atoms with van der Waals surface area (Å²) in [6.07, 6.45) is 5.91. The van der Waals surface area contributed by atoms with E-state index in [9.17, 15) is 4.79 Å². The van der Waals surface area contributed by atoms with Crippen molar-refractivity contribution in [2.24, 2.45) is 11.7 Å². The monoisotopic (exact) mass is 275 g/mol. The second kappa shape index (κ2) is 7.44. The number of carbonyl (C=O) groups is 1. The lowest BCUT2D eigenvalue weighted by Crippen LogP contribution is -2.36. The van der Waals surface area contributed by atoms with E-state index in [-0.39, 0.29) is 12.1 Å². The minimum absolute atomic E-state index is 0.0778. The molecule has 1 aromatic carbocycles. The Bertz CT molecular complexity index is 418. The van der Waals surface area contributed by atoms with Crippen molar-refractivity contribution in [3.63, 3.8) is 0 Å². The van der Waals surface area contributed by atoms with Crippen LogP contribution in [0, 0.1) is 5.92 Å². The van der Waals surface area contributed by atoms with Gasteiger partial charge in [-0.2, -0.15) is 0 Å². The molecule has 1 fully saturated rings. The molecule has 0 aromatic heterocycles. The van der Waals surface area contributed by atoms with Crippen LogP contribution in [0.2, 0.25) is 0 Å². The van der Waals surface area contributed by atoms with Crippen molar-refractivity contribution in [3.05, 3.63) is 35.9 Å². The lowest BCUT2D eigenvalue weighted by molar-refractivity contribution is -0.152. The Hall–Kier alpha value is -1.35. The van der Waals surface area contributed by atoms with Crippen LogP contribution in [0.4, 0.5) is 0 Å². The molecule has 2 N–H and O–H groups in total. The molecule has 2 unspecified atom stereocenters. The summed E-state index contributed by atoms with van der Waals surface area (Å²) in [7, 11) is 0. The van der Waals surface area contributed by atoms with E-state index in [4.69, 9.17) is 10.5 Å². The van der Waals surface area contributed by atoms with Gasteiger partial charge in [-0.15, -0.1) is 0 Å². The van der Waals surface area contributed by atoms with Crippen molar-refractivity contribution < 1.29 is 9.53 Å². The van der Waals surface area contributed by atoms with Gasteiger partial charge in [-0.25, -0.2) is 0 Å². The van der Waals surface area contributed by atoms with Crippen LogP contribution >= 0.6 is 0 Å². The van der Waals surface area contributed by atoms with E-state index in [0.29, 0.717) is 12.3 Å². The third-order valence-corrected chi connectivity index (χ3v) is 4.06. The fourth-order valence-electron chi connectivity index (χ4n) is 2.82. The molecule has 1 aromatic rings. The Morgan fingerprint density at radius 2 is 2.10 bits per heavy atom. The maximum atomic E-state index is 12.0.